The fourth-order valence-electron chi connectivity index (χ4n) is 2.05. The first-order valence-corrected chi connectivity index (χ1v) is 6.79. The van der Waals surface area contributed by atoms with Crippen molar-refractivity contribution < 1.29 is 0 Å². The predicted octanol–water partition coefficient (Wildman–Crippen LogP) is 5.04. The van der Waals surface area contributed by atoms with Gasteiger partial charge in [-0.25, -0.2) is 4.99 Å². The summed E-state index contributed by atoms with van der Waals surface area (Å²) in [5, 5.41) is 0. The lowest BCUT2D eigenvalue weighted by atomic mass is 9.95. The Kier molecular flexibility index (Phi) is 4.16. The van der Waals surface area contributed by atoms with Crippen molar-refractivity contribution in [1.29, 1.82) is 0 Å². The topological polar surface area (TPSA) is 24.7 Å². The molecule has 2 rings (SSSR count). The third-order valence-electron chi connectivity index (χ3n) is 3.33. The summed E-state index contributed by atoms with van der Waals surface area (Å²) in [7, 11) is 0. The average molecular weight is 264 g/mol. The summed E-state index contributed by atoms with van der Waals surface area (Å²) in [6.45, 7) is 8.25. The highest BCUT2D eigenvalue weighted by Crippen LogP contribution is 2.24. The molecule has 2 nitrogen and oxygen atoms in total. The lowest BCUT2D eigenvalue weighted by Crippen LogP contribution is -2.12. The zero-order valence-electron chi connectivity index (χ0n) is 12.5. The van der Waals surface area contributed by atoms with Gasteiger partial charge in [0.1, 0.15) is 0 Å². The zero-order chi connectivity index (χ0) is 14.6. The Bertz CT molecular complexity index is 648. The third-order valence-corrected chi connectivity index (χ3v) is 3.33. The van der Waals surface area contributed by atoms with Gasteiger partial charge in [0.15, 0.2) is 0 Å². The van der Waals surface area contributed by atoms with E-state index in [9.17, 15) is 0 Å². The number of benzene rings is 2. The normalized spacial score (nSPS) is 10.8. The number of nitrogens with zero attached hydrogens (tertiary/aromatic N) is 2. The van der Waals surface area contributed by atoms with Gasteiger partial charge in [-0.1, -0.05) is 48.0 Å². The van der Waals surface area contributed by atoms with Crippen LogP contribution < -0.4 is 0 Å². The van der Waals surface area contributed by atoms with Crippen molar-refractivity contribution in [2.45, 2.75) is 33.2 Å². The van der Waals surface area contributed by atoms with Crippen LogP contribution in [0.1, 0.15) is 30.5 Å². The second-order valence-corrected chi connectivity index (χ2v) is 5.54. The molecule has 0 atom stereocenters. The van der Waals surface area contributed by atoms with E-state index in [4.69, 9.17) is 0 Å². The van der Waals surface area contributed by atoms with Gasteiger partial charge in [-0.3, -0.25) is 0 Å². The van der Waals surface area contributed by atoms with E-state index >= 15 is 0 Å². The van der Waals surface area contributed by atoms with Crippen LogP contribution in [0.25, 0.3) is 0 Å². The molecule has 0 bridgehead atoms. The van der Waals surface area contributed by atoms with Gasteiger partial charge in [0.25, 0.3) is 0 Å². The minimum absolute atomic E-state index is 0.316. The van der Waals surface area contributed by atoms with Crippen molar-refractivity contribution in [2.75, 3.05) is 0 Å². The molecule has 102 valence electrons. The van der Waals surface area contributed by atoms with Crippen LogP contribution in [0.3, 0.4) is 0 Å². The molecule has 0 saturated heterocycles. The fraction of sp³-hybridized carbons (Fsp3) is 0.278. The maximum atomic E-state index is 4.47. The molecule has 2 heteroatoms. The van der Waals surface area contributed by atoms with Gasteiger partial charge in [0.05, 0.1) is 17.2 Å². The number of hydrogen-bond acceptors (Lipinski definition) is 2. The van der Waals surface area contributed by atoms with Gasteiger partial charge in [-0.2, -0.15) is 4.99 Å². The molecule has 0 heterocycles. The van der Waals surface area contributed by atoms with E-state index in [2.05, 4.69) is 68.0 Å². The van der Waals surface area contributed by atoms with Crippen molar-refractivity contribution in [3.8, 4) is 0 Å². The maximum Gasteiger partial charge on any atom is 0.0958 e. The van der Waals surface area contributed by atoms with Gasteiger partial charge in [-0.05, 0) is 44.9 Å². The number of aryl methyl sites for hydroxylation is 2. The SMILES string of the molecule is Cc1ccc(N=C=NC(C)(C)c2ccccc2)c(C)c1. The number of aliphatic imine (C=N–C) groups is 2. The average Bonchev–Trinajstić information content (AvgIpc) is 2.42. The van der Waals surface area contributed by atoms with Crippen molar-refractivity contribution in [3.05, 3.63) is 65.2 Å². The zero-order valence-corrected chi connectivity index (χ0v) is 12.5. The molecule has 0 aliphatic rings. The maximum absolute atomic E-state index is 4.47. The first-order valence-electron chi connectivity index (χ1n) is 6.79. The van der Waals surface area contributed by atoms with Crippen LogP contribution >= 0.6 is 0 Å². The summed E-state index contributed by atoms with van der Waals surface area (Å²) in [5.41, 5.74) is 4.14. The second kappa shape index (κ2) is 5.85. The first-order chi connectivity index (χ1) is 9.49. The summed E-state index contributed by atoms with van der Waals surface area (Å²) in [5.74, 6) is 0. The molecule has 20 heavy (non-hydrogen) atoms. The van der Waals surface area contributed by atoms with Gasteiger partial charge < -0.3 is 0 Å². The van der Waals surface area contributed by atoms with Gasteiger partial charge in [0, 0.05) is 0 Å². The summed E-state index contributed by atoms with van der Waals surface area (Å²) in [6.07, 6.45) is 0. The van der Waals surface area contributed by atoms with E-state index in [0.717, 1.165) is 16.8 Å². The molecule has 0 radical (unpaired) electrons. The van der Waals surface area contributed by atoms with Gasteiger partial charge >= 0.3 is 0 Å². The van der Waals surface area contributed by atoms with E-state index in [1.807, 2.05) is 24.3 Å². The summed E-state index contributed by atoms with van der Waals surface area (Å²) < 4.78 is 0. The lowest BCUT2D eigenvalue weighted by Gasteiger charge is -2.17. The molecular formula is C18H20N2. The van der Waals surface area contributed by atoms with E-state index in [-0.39, 0.29) is 5.54 Å². The highest BCUT2D eigenvalue weighted by atomic mass is 14.9. The number of rotatable bonds is 3. The molecule has 0 saturated carbocycles. The van der Waals surface area contributed by atoms with Crippen LogP contribution in [-0.2, 0) is 5.54 Å². The number of hydrogen-bond donors (Lipinski definition) is 0. The molecule has 0 spiro atoms. The molecule has 0 amide bonds. The monoisotopic (exact) mass is 264 g/mol. The standard InChI is InChI=1S/C18H20N2/c1-14-10-11-17(15(2)12-14)19-13-20-18(3,4)16-8-6-5-7-9-16/h5-12H,1-4H3. The Hall–Kier alpha value is -2.18. The van der Waals surface area contributed by atoms with Crippen LogP contribution in [0.5, 0.6) is 0 Å². The van der Waals surface area contributed by atoms with Crippen molar-refractivity contribution in [1.82, 2.24) is 0 Å². The van der Waals surface area contributed by atoms with E-state index < -0.39 is 0 Å². The Labute approximate surface area is 120 Å². The fourth-order valence-corrected chi connectivity index (χ4v) is 2.05. The lowest BCUT2D eigenvalue weighted by molar-refractivity contribution is 0.561. The van der Waals surface area contributed by atoms with Gasteiger partial charge in [0.2, 0.25) is 0 Å². The minimum atomic E-state index is -0.316. The van der Waals surface area contributed by atoms with Crippen LogP contribution in [0, 0.1) is 13.8 Å². The Morgan fingerprint density at radius 2 is 1.65 bits per heavy atom. The van der Waals surface area contributed by atoms with Crippen molar-refractivity contribution >= 4 is 11.7 Å². The second-order valence-electron chi connectivity index (χ2n) is 5.54. The van der Waals surface area contributed by atoms with Crippen molar-refractivity contribution in [2.24, 2.45) is 9.98 Å². The highest BCUT2D eigenvalue weighted by Gasteiger charge is 2.17. The van der Waals surface area contributed by atoms with Gasteiger partial charge in [-0.15, -0.1) is 0 Å². The quantitative estimate of drug-likeness (QED) is 0.693. The Balaban J connectivity index is 2.26. The van der Waals surface area contributed by atoms with Crippen LogP contribution in [0.4, 0.5) is 5.69 Å². The highest BCUT2D eigenvalue weighted by molar-refractivity contribution is 5.57. The molecule has 0 aliphatic carbocycles. The summed E-state index contributed by atoms with van der Waals surface area (Å²) >= 11 is 0. The molecular weight excluding hydrogens is 244 g/mol. The van der Waals surface area contributed by atoms with Crippen LogP contribution in [0.15, 0.2) is 58.5 Å². The summed E-state index contributed by atoms with van der Waals surface area (Å²) in [4.78, 5) is 8.81. The smallest absolute Gasteiger partial charge is 0.0958 e. The predicted molar refractivity (Wildman–Crippen MR) is 84.9 cm³/mol. The first kappa shape index (κ1) is 14.2. The van der Waals surface area contributed by atoms with E-state index in [1.54, 1.807) is 0 Å². The molecule has 0 unspecified atom stereocenters. The molecule has 0 N–H and O–H groups in total. The van der Waals surface area contributed by atoms with Crippen LogP contribution in [-0.4, -0.2) is 6.01 Å². The molecule has 0 fully saturated rings. The molecule has 0 aromatic heterocycles. The Morgan fingerprint density at radius 1 is 0.950 bits per heavy atom. The molecule has 2 aromatic carbocycles. The largest absolute Gasteiger partial charge is 0.214 e. The summed E-state index contributed by atoms with van der Waals surface area (Å²) in [6, 6.07) is 19.2. The van der Waals surface area contributed by atoms with Crippen molar-refractivity contribution in [3.63, 3.8) is 0 Å². The van der Waals surface area contributed by atoms with Crippen LogP contribution in [0.2, 0.25) is 0 Å². The van der Waals surface area contributed by atoms with E-state index in [0.29, 0.717) is 0 Å². The molecule has 0 aliphatic heterocycles. The minimum Gasteiger partial charge on any atom is -0.214 e. The Morgan fingerprint density at radius 3 is 2.30 bits per heavy atom. The molecule has 2 aromatic rings. The third kappa shape index (κ3) is 3.43. The van der Waals surface area contributed by atoms with E-state index in [1.165, 1.54) is 5.56 Å².